The summed E-state index contributed by atoms with van der Waals surface area (Å²) in [5.41, 5.74) is 1.05. The van der Waals surface area contributed by atoms with Crippen LogP contribution in [-0.2, 0) is 13.0 Å². The number of allylic oxidation sites excluding steroid dienone is 1. The van der Waals surface area contributed by atoms with Gasteiger partial charge in [0.2, 0.25) is 5.76 Å². The maximum atomic E-state index is 10.7. The summed E-state index contributed by atoms with van der Waals surface area (Å²) in [4.78, 5) is 10.7. The van der Waals surface area contributed by atoms with E-state index in [1.54, 1.807) is 19.3 Å². The first-order valence-corrected chi connectivity index (χ1v) is 6.36. The number of carboxylic acid groups (broad SMARTS) is 1. The Balaban J connectivity index is 2.11. The second-order valence-electron chi connectivity index (χ2n) is 4.34. The molecule has 0 saturated carbocycles. The summed E-state index contributed by atoms with van der Waals surface area (Å²) in [5.74, 6) is 0.398. The zero-order chi connectivity index (χ0) is 15.2. The van der Waals surface area contributed by atoms with Gasteiger partial charge in [0.15, 0.2) is 11.5 Å². The summed E-state index contributed by atoms with van der Waals surface area (Å²) in [6.45, 7) is 3.82. The first-order chi connectivity index (χ1) is 10.1. The number of furan rings is 1. The van der Waals surface area contributed by atoms with Gasteiger partial charge >= 0.3 is 5.97 Å². The van der Waals surface area contributed by atoms with Gasteiger partial charge in [-0.2, -0.15) is 0 Å². The summed E-state index contributed by atoms with van der Waals surface area (Å²) < 4.78 is 16.0. The van der Waals surface area contributed by atoms with Gasteiger partial charge < -0.3 is 19.0 Å². The van der Waals surface area contributed by atoms with E-state index in [2.05, 4.69) is 6.58 Å². The van der Waals surface area contributed by atoms with Crippen LogP contribution in [0.4, 0.5) is 0 Å². The van der Waals surface area contributed by atoms with Gasteiger partial charge in [0.1, 0.15) is 12.4 Å². The Bertz CT molecular complexity index is 642. The average Bonchev–Trinajstić information content (AvgIpc) is 2.95. The molecular formula is C16H16O5. The monoisotopic (exact) mass is 288 g/mol. The molecule has 0 aliphatic carbocycles. The summed E-state index contributed by atoms with van der Waals surface area (Å²) in [5, 5.41) is 8.80. The molecule has 1 aromatic heterocycles. The number of rotatable bonds is 7. The van der Waals surface area contributed by atoms with E-state index in [9.17, 15) is 4.79 Å². The number of methoxy groups -OCH3 is 1. The van der Waals surface area contributed by atoms with E-state index in [0.29, 0.717) is 17.3 Å². The highest BCUT2D eigenvalue weighted by Gasteiger charge is 2.11. The number of carboxylic acids is 1. The van der Waals surface area contributed by atoms with Crippen LogP contribution in [0.1, 0.15) is 21.9 Å². The quantitative estimate of drug-likeness (QED) is 0.792. The van der Waals surface area contributed by atoms with Crippen LogP contribution >= 0.6 is 0 Å². The number of aromatic carboxylic acids is 1. The highest BCUT2D eigenvalue weighted by atomic mass is 16.5. The zero-order valence-corrected chi connectivity index (χ0v) is 11.7. The molecule has 21 heavy (non-hydrogen) atoms. The Morgan fingerprint density at radius 2 is 2.14 bits per heavy atom. The minimum atomic E-state index is -1.10. The largest absolute Gasteiger partial charge is 0.493 e. The smallest absolute Gasteiger partial charge is 0.371 e. The van der Waals surface area contributed by atoms with Crippen LogP contribution in [0.15, 0.2) is 47.4 Å². The van der Waals surface area contributed by atoms with Crippen molar-refractivity contribution in [2.24, 2.45) is 0 Å². The molecule has 1 heterocycles. The molecule has 0 fully saturated rings. The van der Waals surface area contributed by atoms with Gasteiger partial charge in [-0.25, -0.2) is 4.79 Å². The minimum absolute atomic E-state index is 0.110. The van der Waals surface area contributed by atoms with Gasteiger partial charge in [-0.15, -0.1) is 6.58 Å². The van der Waals surface area contributed by atoms with Gasteiger partial charge in [0, 0.05) is 0 Å². The number of ether oxygens (including phenoxy) is 2. The lowest BCUT2D eigenvalue weighted by molar-refractivity contribution is 0.0658. The first-order valence-electron chi connectivity index (χ1n) is 6.36. The average molecular weight is 288 g/mol. The molecule has 0 aliphatic heterocycles. The first kappa shape index (κ1) is 14.7. The van der Waals surface area contributed by atoms with E-state index >= 15 is 0 Å². The summed E-state index contributed by atoms with van der Waals surface area (Å²) in [6, 6.07) is 8.58. The summed E-state index contributed by atoms with van der Waals surface area (Å²) in [6.07, 6.45) is 2.53. The van der Waals surface area contributed by atoms with Crippen molar-refractivity contribution in [1.82, 2.24) is 0 Å². The third-order valence-electron chi connectivity index (χ3n) is 2.85. The van der Waals surface area contributed by atoms with Crippen molar-refractivity contribution >= 4 is 5.97 Å². The number of benzene rings is 1. The van der Waals surface area contributed by atoms with Crippen molar-refractivity contribution in [2.45, 2.75) is 13.0 Å². The fourth-order valence-corrected chi connectivity index (χ4v) is 1.85. The third kappa shape index (κ3) is 3.66. The molecule has 2 rings (SSSR count). The second kappa shape index (κ2) is 6.65. The van der Waals surface area contributed by atoms with E-state index in [1.165, 1.54) is 6.07 Å². The van der Waals surface area contributed by atoms with E-state index in [0.717, 1.165) is 12.0 Å². The molecule has 0 atom stereocenters. The van der Waals surface area contributed by atoms with Crippen molar-refractivity contribution < 1.29 is 23.8 Å². The second-order valence-corrected chi connectivity index (χ2v) is 4.34. The third-order valence-corrected chi connectivity index (χ3v) is 2.85. The highest BCUT2D eigenvalue weighted by Crippen LogP contribution is 2.29. The van der Waals surface area contributed by atoms with Gasteiger partial charge in [-0.05, 0) is 36.2 Å². The van der Waals surface area contributed by atoms with Crippen molar-refractivity contribution in [3.8, 4) is 11.5 Å². The highest BCUT2D eigenvalue weighted by molar-refractivity contribution is 5.84. The number of hydrogen-bond acceptors (Lipinski definition) is 4. The summed E-state index contributed by atoms with van der Waals surface area (Å²) >= 11 is 0. The molecule has 5 nitrogen and oxygen atoms in total. The van der Waals surface area contributed by atoms with Crippen LogP contribution in [0.3, 0.4) is 0 Å². The van der Waals surface area contributed by atoms with Gasteiger partial charge in [0.05, 0.1) is 7.11 Å². The van der Waals surface area contributed by atoms with E-state index in [1.807, 2.05) is 18.2 Å². The molecule has 1 aromatic carbocycles. The van der Waals surface area contributed by atoms with Gasteiger partial charge in [-0.1, -0.05) is 12.1 Å². The number of carbonyl (C=O) groups is 1. The van der Waals surface area contributed by atoms with Crippen LogP contribution in [0.5, 0.6) is 11.5 Å². The summed E-state index contributed by atoms with van der Waals surface area (Å²) in [7, 11) is 1.56. The minimum Gasteiger partial charge on any atom is -0.493 e. The molecular weight excluding hydrogens is 272 g/mol. The fourth-order valence-electron chi connectivity index (χ4n) is 1.85. The van der Waals surface area contributed by atoms with Crippen molar-refractivity contribution in [3.05, 3.63) is 60.1 Å². The normalized spacial score (nSPS) is 10.1. The maximum Gasteiger partial charge on any atom is 0.371 e. The molecule has 0 bridgehead atoms. The predicted octanol–water partition coefficient (Wildman–Crippen LogP) is 3.29. The van der Waals surface area contributed by atoms with E-state index < -0.39 is 5.97 Å². The van der Waals surface area contributed by atoms with Crippen LogP contribution in [0, 0.1) is 0 Å². The SMILES string of the molecule is C=CCc1ccc(OC)c(OCc2ccc(C(=O)O)o2)c1. The van der Waals surface area contributed by atoms with Crippen LogP contribution in [-0.4, -0.2) is 18.2 Å². The van der Waals surface area contributed by atoms with E-state index in [4.69, 9.17) is 19.0 Å². The van der Waals surface area contributed by atoms with Gasteiger partial charge in [0.25, 0.3) is 0 Å². The van der Waals surface area contributed by atoms with Gasteiger partial charge in [-0.3, -0.25) is 0 Å². The molecule has 0 amide bonds. The van der Waals surface area contributed by atoms with Crippen molar-refractivity contribution in [3.63, 3.8) is 0 Å². The molecule has 0 saturated heterocycles. The Labute approximate surface area is 122 Å². The molecule has 1 N–H and O–H groups in total. The lowest BCUT2D eigenvalue weighted by Crippen LogP contribution is -1.98. The Kier molecular flexibility index (Phi) is 4.66. The molecule has 110 valence electrons. The molecule has 0 radical (unpaired) electrons. The molecule has 2 aromatic rings. The van der Waals surface area contributed by atoms with Crippen LogP contribution in [0.25, 0.3) is 0 Å². The van der Waals surface area contributed by atoms with Crippen LogP contribution < -0.4 is 9.47 Å². The Morgan fingerprint density at radius 1 is 1.33 bits per heavy atom. The van der Waals surface area contributed by atoms with Crippen molar-refractivity contribution in [2.75, 3.05) is 7.11 Å². The number of hydrogen-bond donors (Lipinski definition) is 1. The topological polar surface area (TPSA) is 68.9 Å². The maximum absolute atomic E-state index is 10.7. The Morgan fingerprint density at radius 3 is 2.76 bits per heavy atom. The Hall–Kier alpha value is -2.69. The molecule has 5 heteroatoms. The predicted molar refractivity (Wildman–Crippen MR) is 76.9 cm³/mol. The fraction of sp³-hybridized carbons (Fsp3) is 0.188. The standard InChI is InChI=1S/C16H16O5/c1-3-4-11-5-7-13(19-2)15(9-11)20-10-12-6-8-14(21-12)16(17)18/h3,5-9H,1,4,10H2,2H3,(H,17,18). The lowest BCUT2D eigenvalue weighted by Gasteiger charge is -2.11. The molecule has 0 aliphatic rings. The van der Waals surface area contributed by atoms with E-state index in [-0.39, 0.29) is 12.4 Å². The molecule has 0 unspecified atom stereocenters. The zero-order valence-electron chi connectivity index (χ0n) is 11.7. The molecule has 0 spiro atoms. The van der Waals surface area contributed by atoms with Crippen molar-refractivity contribution in [1.29, 1.82) is 0 Å². The lowest BCUT2D eigenvalue weighted by atomic mass is 10.1. The van der Waals surface area contributed by atoms with Crippen LogP contribution in [0.2, 0.25) is 0 Å².